The van der Waals surface area contributed by atoms with E-state index in [1.54, 1.807) is 36.4 Å². The summed E-state index contributed by atoms with van der Waals surface area (Å²) in [6.45, 7) is 0. The van der Waals surface area contributed by atoms with Crippen molar-refractivity contribution in [3.63, 3.8) is 0 Å². The van der Waals surface area contributed by atoms with E-state index < -0.39 is 0 Å². The van der Waals surface area contributed by atoms with Crippen LogP contribution < -0.4 is 0 Å². The average Bonchev–Trinajstić information content (AvgIpc) is 3.18. The summed E-state index contributed by atoms with van der Waals surface area (Å²) in [6.07, 6.45) is 0. The minimum atomic E-state index is -0.214. The SMILES string of the molecule is Oc1cc2c(cc1O)c1c3ccccc3c3c4cc(O)c(O)cc4c4c5ccccc5c5c6cc(O)c(O)cc6c6c7ccccc7c2c2c6c5c4c3c12. The Kier molecular flexibility index (Phi) is 4.67. The highest BCUT2D eigenvalue weighted by molar-refractivity contribution is 6.60. The van der Waals surface area contributed by atoms with E-state index in [-0.39, 0.29) is 34.5 Å². The second kappa shape index (κ2) is 8.95. The molecule has 0 spiro atoms. The number of phenols is 6. The van der Waals surface area contributed by atoms with Crippen LogP contribution in [0.1, 0.15) is 0 Å². The van der Waals surface area contributed by atoms with Crippen LogP contribution in [0.15, 0.2) is 109 Å². The van der Waals surface area contributed by atoms with Gasteiger partial charge < -0.3 is 30.6 Å². The lowest BCUT2D eigenvalue weighted by Gasteiger charge is -2.28. The van der Waals surface area contributed by atoms with Gasteiger partial charge in [0.15, 0.2) is 34.5 Å². The maximum atomic E-state index is 11.1. The fourth-order valence-electron chi connectivity index (χ4n) is 10.5. The van der Waals surface area contributed by atoms with Gasteiger partial charge in [-0.3, -0.25) is 0 Å². The highest BCUT2D eigenvalue weighted by atomic mass is 16.3. The lowest BCUT2D eigenvalue weighted by Crippen LogP contribution is -1.99. The van der Waals surface area contributed by atoms with Gasteiger partial charge in [0, 0.05) is 0 Å². The normalized spacial score (nSPS) is 12.9. The molecule has 0 bridgehead atoms. The summed E-state index contributed by atoms with van der Waals surface area (Å²) < 4.78 is 0. The van der Waals surface area contributed by atoms with Gasteiger partial charge >= 0.3 is 0 Å². The molecule has 0 atom stereocenters. The third-order valence-electron chi connectivity index (χ3n) is 12.4. The Morgan fingerprint density at radius 2 is 0.333 bits per heavy atom. The molecule has 13 aromatic rings. The van der Waals surface area contributed by atoms with Crippen molar-refractivity contribution in [3.05, 3.63) is 109 Å². The lowest BCUT2D eigenvalue weighted by atomic mass is 9.74. The van der Waals surface area contributed by atoms with Gasteiger partial charge in [0.2, 0.25) is 0 Å². The maximum absolute atomic E-state index is 11.1. The predicted molar refractivity (Wildman–Crippen MR) is 220 cm³/mol. The molecular formula is C48H24O6. The van der Waals surface area contributed by atoms with Crippen molar-refractivity contribution in [2.75, 3.05) is 0 Å². The van der Waals surface area contributed by atoms with E-state index in [9.17, 15) is 30.6 Å². The molecule has 13 aromatic carbocycles. The molecule has 0 amide bonds. The van der Waals surface area contributed by atoms with Gasteiger partial charge in [-0.25, -0.2) is 0 Å². The monoisotopic (exact) mass is 696 g/mol. The Morgan fingerprint density at radius 3 is 0.481 bits per heavy atom. The zero-order chi connectivity index (χ0) is 36.0. The number of phenolic OH excluding ortho intramolecular Hbond substituents is 6. The summed E-state index contributed by atoms with van der Waals surface area (Å²) in [5.74, 6) is -1.29. The number of benzene rings is 13. The minimum Gasteiger partial charge on any atom is -0.504 e. The molecule has 0 saturated heterocycles. The molecule has 0 saturated carbocycles. The van der Waals surface area contributed by atoms with Gasteiger partial charge in [-0.2, -0.15) is 0 Å². The number of fused-ring (bicyclic) bond motifs is 18. The molecule has 0 radical (unpaired) electrons. The van der Waals surface area contributed by atoms with Crippen LogP contribution in [0.5, 0.6) is 34.5 Å². The molecule has 54 heavy (non-hydrogen) atoms. The Labute approximate surface area is 302 Å². The number of hydrogen-bond acceptors (Lipinski definition) is 6. The minimum absolute atomic E-state index is 0.214. The summed E-state index contributed by atoms with van der Waals surface area (Å²) in [5, 5.41) is 88.7. The molecule has 252 valence electrons. The molecule has 0 fully saturated rings. The standard InChI is InChI=1S/C48H24O6/c49-31-13-25-26(14-32(31)50)39-21-9-3-4-10-22(21)41-29-17-35(53)36(54)18-30(29)42-24-12-6-5-11-23(24)40-28-16-34(52)33(51)15-27(28)38-20-8-2-1-7-19(20)37(25)43-44(38)46(40)48(42)47(41)45(39)43/h1-18,49-54H. The van der Waals surface area contributed by atoms with Gasteiger partial charge in [-0.1, -0.05) is 72.8 Å². The van der Waals surface area contributed by atoms with Crippen molar-refractivity contribution in [1.82, 2.24) is 0 Å². The second-order valence-corrected chi connectivity index (χ2v) is 14.8. The third-order valence-corrected chi connectivity index (χ3v) is 12.4. The van der Waals surface area contributed by atoms with E-state index in [2.05, 4.69) is 36.4 Å². The zero-order valence-electron chi connectivity index (χ0n) is 28.1. The lowest BCUT2D eigenvalue weighted by molar-refractivity contribution is 0.405. The van der Waals surface area contributed by atoms with Crippen LogP contribution in [0.2, 0.25) is 0 Å². The molecule has 6 N–H and O–H groups in total. The fraction of sp³-hybridized carbons (Fsp3) is 0. The first-order valence-electron chi connectivity index (χ1n) is 17.8. The van der Waals surface area contributed by atoms with E-state index in [1.165, 1.54) is 0 Å². The van der Waals surface area contributed by atoms with Crippen LogP contribution >= 0.6 is 0 Å². The van der Waals surface area contributed by atoms with E-state index in [0.29, 0.717) is 0 Å². The molecule has 13 rings (SSSR count). The average molecular weight is 697 g/mol. The van der Waals surface area contributed by atoms with Gasteiger partial charge in [-0.15, -0.1) is 0 Å². The molecule has 0 unspecified atom stereocenters. The van der Waals surface area contributed by atoms with Crippen LogP contribution in [0, 0.1) is 0 Å². The van der Waals surface area contributed by atoms with Crippen LogP contribution in [-0.2, 0) is 0 Å². The smallest absolute Gasteiger partial charge is 0.158 e. The van der Waals surface area contributed by atoms with Crippen LogP contribution in [-0.4, -0.2) is 30.6 Å². The van der Waals surface area contributed by atoms with Gasteiger partial charge in [0.1, 0.15) is 0 Å². The predicted octanol–water partition coefficient (Wildman–Crippen LogP) is 12.1. The molecular weight excluding hydrogens is 673 g/mol. The molecule has 0 aliphatic heterocycles. The quantitative estimate of drug-likeness (QED) is 0.0533. The number of rotatable bonds is 0. The van der Waals surface area contributed by atoms with Crippen molar-refractivity contribution < 1.29 is 30.6 Å². The highest BCUT2D eigenvalue weighted by Crippen LogP contribution is 2.60. The number of aromatic hydroxyl groups is 6. The first-order chi connectivity index (χ1) is 26.3. The van der Waals surface area contributed by atoms with E-state index in [4.69, 9.17) is 0 Å². The van der Waals surface area contributed by atoms with Crippen LogP contribution in [0.3, 0.4) is 0 Å². The molecule has 0 aliphatic carbocycles. The fourth-order valence-corrected chi connectivity index (χ4v) is 10.5. The van der Waals surface area contributed by atoms with Crippen molar-refractivity contribution in [1.29, 1.82) is 0 Å². The van der Waals surface area contributed by atoms with Crippen molar-refractivity contribution in [2.45, 2.75) is 0 Å². The van der Waals surface area contributed by atoms with E-state index in [0.717, 1.165) is 129 Å². The summed E-state index contributed by atoms with van der Waals surface area (Å²) in [5.41, 5.74) is 0. The topological polar surface area (TPSA) is 121 Å². The highest BCUT2D eigenvalue weighted by Gasteiger charge is 2.31. The van der Waals surface area contributed by atoms with Crippen LogP contribution in [0.25, 0.3) is 129 Å². The van der Waals surface area contributed by atoms with Gasteiger partial charge in [-0.05, 0) is 166 Å². The zero-order valence-corrected chi connectivity index (χ0v) is 28.1. The Bertz CT molecular complexity index is 3220. The van der Waals surface area contributed by atoms with Crippen molar-refractivity contribution >= 4 is 129 Å². The van der Waals surface area contributed by atoms with E-state index in [1.807, 2.05) is 36.4 Å². The summed E-state index contributed by atoms with van der Waals surface area (Å²) >= 11 is 0. The second-order valence-electron chi connectivity index (χ2n) is 14.8. The summed E-state index contributed by atoms with van der Waals surface area (Å²) in [4.78, 5) is 0. The first-order valence-corrected chi connectivity index (χ1v) is 17.8. The van der Waals surface area contributed by atoms with Gasteiger partial charge in [0.25, 0.3) is 0 Å². The largest absolute Gasteiger partial charge is 0.504 e. The van der Waals surface area contributed by atoms with Crippen LogP contribution in [0.4, 0.5) is 0 Å². The Morgan fingerprint density at radius 1 is 0.185 bits per heavy atom. The summed E-state index contributed by atoms with van der Waals surface area (Å²) in [7, 11) is 0. The van der Waals surface area contributed by atoms with E-state index >= 15 is 0 Å². The molecule has 0 aliphatic rings. The Balaban J connectivity index is 1.59. The molecule has 0 aromatic heterocycles. The maximum Gasteiger partial charge on any atom is 0.158 e. The Hall–Kier alpha value is -7.44. The summed E-state index contributed by atoms with van der Waals surface area (Å²) in [6, 6.07) is 34.5. The number of hydrogen-bond donors (Lipinski definition) is 6. The molecule has 6 nitrogen and oxygen atoms in total. The molecule has 0 heterocycles. The third kappa shape index (κ3) is 2.94. The first kappa shape index (κ1) is 28.2. The molecule has 6 heteroatoms. The van der Waals surface area contributed by atoms with Gasteiger partial charge in [0.05, 0.1) is 0 Å². The van der Waals surface area contributed by atoms with Crippen molar-refractivity contribution in [2.24, 2.45) is 0 Å². The van der Waals surface area contributed by atoms with Crippen molar-refractivity contribution in [3.8, 4) is 34.5 Å².